The Morgan fingerprint density at radius 3 is 2.28 bits per heavy atom. The number of benzene rings is 1. The van der Waals surface area contributed by atoms with Gasteiger partial charge in [0.2, 0.25) is 0 Å². The first-order chi connectivity index (χ1) is 12.3. The van der Waals surface area contributed by atoms with Crippen molar-refractivity contribution in [3.63, 3.8) is 0 Å². The van der Waals surface area contributed by atoms with Crippen LogP contribution in [0.5, 0.6) is 0 Å². The molecule has 2 fully saturated rings. The fourth-order valence-corrected chi connectivity index (χ4v) is 3.69. The van der Waals surface area contributed by atoms with Crippen LogP contribution in [0, 0.1) is 0 Å². The molecule has 0 radical (unpaired) electrons. The summed E-state index contributed by atoms with van der Waals surface area (Å²) in [5, 5.41) is 0. The molecule has 132 valence electrons. The molecule has 2 aliphatic heterocycles. The fraction of sp³-hybridized carbons (Fsp3) is 0.500. The van der Waals surface area contributed by atoms with Crippen LogP contribution in [0.2, 0.25) is 0 Å². The third-order valence-corrected chi connectivity index (χ3v) is 5.35. The zero-order valence-corrected chi connectivity index (χ0v) is 14.9. The van der Waals surface area contributed by atoms with E-state index in [2.05, 4.69) is 51.0 Å². The van der Waals surface area contributed by atoms with E-state index in [0.717, 1.165) is 56.5 Å². The molecule has 25 heavy (non-hydrogen) atoms. The molecule has 0 aliphatic carbocycles. The van der Waals surface area contributed by atoms with Crippen LogP contribution < -0.4 is 4.90 Å². The van der Waals surface area contributed by atoms with E-state index >= 15 is 0 Å². The van der Waals surface area contributed by atoms with Gasteiger partial charge in [-0.05, 0) is 25.3 Å². The molecule has 0 N–H and O–H groups in total. The molecule has 2 saturated heterocycles. The number of nitrogens with zero attached hydrogens (tertiary/aromatic N) is 4. The lowest BCUT2D eigenvalue weighted by atomic mass is 10.0. The van der Waals surface area contributed by atoms with Crippen LogP contribution >= 0.6 is 0 Å². The van der Waals surface area contributed by atoms with E-state index in [-0.39, 0.29) is 0 Å². The van der Waals surface area contributed by atoms with Gasteiger partial charge in [0.15, 0.2) is 0 Å². The summed E-state index contributed by atoms with van der Waals surface area (Å²) >= 11 is 0. The van der Waals surface area contributed by atoms with Gasteiger partial charge >= 0.3 is 0 Å². The Labute approximate surface area is 149 Å². The maximum Gasteiger partial charge on any atom is 0.147 e. The fourth-order valence-electron chi connectivity index (χ4n) is 3.69. The number of hydrogen-bond acceptors (Lipinski definition) is 5. The van der Waals surface area contributed by atoms with Crippen molar-refractivity contribution in [1.82, 2.24) is 14.9 Å². The lowest BCUT2D eigenvalue weighted by Crippen LogP contribution is -2.37. The molecule has 3 heterocycles. The minimum absolute atomic E-state index is 0.418. The summed E-state index contributed by atoms with van der Waals surface area (Å²) in [7, 11) is 0. The predicted molar refractivity (Wildman–Crippen MR) is 99.7 cm³/mol. The number of ether oxygens (including phenoxy) is 1. The molecule has 5 heteroatoms. The third-order valence-electron chi connectivity index (χ3n) is 5.35. The zero-order valence-electron chi connectivity index (χ0n) is 14.9. The van der Waals surface area contributed by atoms with Gasteiger partial charge in [-0.1, -0.05) is 24.3 Å². The lowest BCUT2D eigenvalue weighted by Gasteiger charge is -2.32. The largest absolute Gasteiger partial charge is 0.379 e. The van der Waals surface area contributed by atoms with Crippen LogP contribution in [0.25, 0.3) is 11.3 Å². The standard InChI is InChI=1S/C20H26N4O/c1-16(23-10-12-25-13-11-23)17-4-6-18(7-5-17)19-14-22-20(15-21-19)24-8-2-3-9-24/h4-7,14-16H,2-3,8-13H2,1H3/t16-/m1/s1. The van der Waals surface area contributed by atoms with Gasteiger partial charge in [0, 0.05) is 37.8 Å². The monoisotopic (exact) mass is 338 g/mol. The first-order valence-electron chi connectivity index (χ1n) is 9.30. The summed E-state index contributed by atoms with van der Waals surface area (Å²) in [6.45, 7) is 8.15. The molecule has 0 bridgehead atoms. The highest BCUT2D eigenvalue weighted by atomic mass is 16.5. The van der Waals surface area contributed by atoms with Crippen molar-refractivity contribution in [3.05, 3.63) is 42.2 Å². The van der Waals surface area contributed by atoms with Crippen molar-refractivity contribution >= 4 is 5.82 Å². The number of hydrogen-bond donors (Lipinski definition) is 0. The normalized spacial score (nSPS) is 20.0. The van der Waals surface area contributed by atoms with E-state index in [1.54, 1.807) is 0 Å². The summed E-state index contributed by atoms with van der Waals surface area (Å²) in [5.41, 5.74) is 3.40. The highest BCUT2D eigenvalue weighted by Crippen LogP contribution is 2.25. The molecule has 1 atom stereocenters. The summed E-state index contributed by atoms with van der Waals surface area (Å²) < 4.78 is 5.45. The highest BCUT2D eigenvalue weighted by Gasteiger charge is 2.18. The first kappa shape index (κ1) is 16.5. The van der Waals surface area contributed by atoms with E-state index < -0.39 is 0 Å². The Morgan fingerprint density at radius 2 is 1.64 bits per heavy atom. The molecule has 0 amide bonds. The summed E-state index contributed by atoms with van der Waals surface area (Å²) in [5.74, 6) is 0.999. The van der Waals surface area contributed by atoms with Gasteiger partial charge in [-0.25, -0.2) is 4.98 Å². The van der Waals surface area contributed by atoms with Crippen LogP contribution in [-0.4, -0.2) is 54.3 Å². The van der Waals surface area contributed by atoms with Crippen LogP contribution in [0.15, 0.2) is 36.7 Å². The Balaban J connectivity index is 1.46. The van der Waals surface area contributed by atoms with E-state index in [1.165, 1.54) is 18.4 Å². The quantitative estimate of drug-likeness (QED) is 0.857. The van der Waals surface area contributed by atoms with E-state index in [4.69, 9.17) is 4.74 Å². The van der Waals surface area contributed by atoms with Crippen molar-refractivity contribution in [2.45, 2.75) is 25.8 Å². The maximum atomic E-state index is 5.45. The molecule has 4 rings (SSSR count). The van der Waals surface area contributed by atoms with Gasteiger partial charge in [-0.3, -0.25) is 9.88 Å². The predicted octanol–water partition coefficient (Wildman–Crippen LogP) is 3.14. The van der Waals surface area contributed by atoms with Gasteiger partial charge in [-0.15, -0.1) is 0 Å². The number of rotatable bonds is 4. The van der Waals surface area contributed by atoms with Gasteiger partial charge in [0.1, 0.15) is 5.82 Å². The molecule has 1 aromatic carbocycles. The molecule has 1 aromatic heterocycles. The van der Waals surface area contributed by atoms with Gasteiger partial charge in [-0.2, -0.15) is 0 Å². The van der Waals surface area contributed by atoms with Crippen molar-refractivity contribution in [2.75, 3.05) is 44.3 Å². The van der Waals surface area contributed by atoms with Crippen molar-refractivity contribution in [2.24, 2.45) is 0 Å². The summed E-state index contributed by atoms with van der Waals surface area (Å²) in [6.07, 6.45) is 6.32. The average Bonchev–Trinajstić information content (AvgIpc) is 3.23. The Hall–Kier alpha value is -1.98. The van der Waals surface area contributed by atoms with E-state index in [1.807, 2.05) is 12.4 Å². The highest BCUT2D eigenvalue weighted by molar-refractivity contribution is 5.59. The molecular formula is C20H26N4O. The second-order valence-electron chi connectivity index (χ2n) is 6.90. The molecule has 0 unspecified atom stereocenters. The molecule has 2 aliphatic rings. The first-order valence-corrected chi connectivity index (χ1v) is 9.30. The smallest absolute Gasteiger partial charge is 0.147 e. The average molecular weight is 338 g/mol. The third kappa shape index (κ3) is 3.67. The minimum atomic E-state index is 0.418. The second kappa shape index (κ2) is 7.50. The molecule has 0 spiro atoms. The van der Waals surface area contributed by atoms with Crippen molar-refractivity contribution < 1.29 is 4.74 Å². The minimum Gasteiger partial charge on any atom is -0.379 e. The van der Waals surface area contributed by atoms with Crippen molar-refractivity contribution in [3.8, 4) is 11.3 Å². The van der Waals surface area contributed by atoms with Crippen molar-refractivity contribution in [1.29, 1.82) is 0 Å². The van der Waals surface area contributed by atoms with Gasteiger partial charge in [0.25, 0.3) is 0 Å². The number of morpholine rings is 1. The maximum absolute atomic E-state index is 5.45. The molecule has 0 saturated carbocycles. The Morgan fingerprint density at radius 1 is 0.920 bits per heavy atom. The van der Waals surface area contributed by atoms with E-state index in [0.29, 0.717) is 6.04 Å². The number of anilines is 1. The lowest BCUT2D eigenvalue weighted by molar-refractivity contribution is 0.0198. The number of aromatic nitrogens is 2. The topological polar surface area (TPSA) is 41.5 Å². The van der Waals surface area contributed by atoms with Crippen LogP contribution in [-0.2, 0) is 4.74 Å². The van der Waals surface area contributed by atoms with Gasteiger partial charge < -0.3 is 9.64 Å². The molecular weight excluding hydrogens is 312 g/mol. The van der Waals surface area contributed by atoms with Gasteiger partial charge in [0.05, 0.1) is 31.3 Å². The van der Waals surface area contributed by atoms with Crippen LogP contribution in [0.4, 0.5) is 5.82 Å². The van der Waals surface area contributed by atoms with Crippen LogP contribution in [0.3, 0.4) is 0 Å². The Kier molecular flexibility index (Phi) is 4.95. The molecule has 2 aromatic rings. The van der Waals surface area contributed by atoms with E-state index in [9.17, 15) is 0 Å². The van der Waals surface area contributed by atoms with Crippen LogP contribution in [0.1, 0.15) is 31.4 Å². The summed E-state index contributed by atoms with van der Waals surface area (Å²) in [6, 6.07) is 9.16. The second-order valence-corrected chi connectivity index (χ2v) is 6.90. The SMILES string of the molecule is C[C@H](c1ccc(-c2cnc(N3CCCC3)cn2)cc1)N1CCOCC1. The zero-order chi connectivity index (χ0) is 17.1. The molecule has 5 nitrogen and oxygen atoms in total. The summed E-state index contributed by atoms with van der Waals surface area (Å²) in [4.78, 5) is 14.0. The Bertz CT molecular complexity index is 674.